The number of hydrogen-bond donors (Lipinski definition) is 0. The van der Waals surface area contributed by atoms with Crippen molar-refractivity contribution in [3.63, 3.8) is 0 Å². The molecule has 0 spiro atoms. The van der Waals surface area contributed by atoms with Crippen LogP contribution in [0.3, 0.4) is 0 Å². The van der Waals surface area contributed by atoms with Gasteiger partial charge in [-0.2, -0.15) is 0 Å². The highest BCUT2D eigenvalue weighted by Crippen LogP contribution is 2.26. The smallest absolute Gasteiger partial charge is 0.232 e. The number of hydrogen-bond acceptors (Lipinski definition) is 4. The summed E-state index contributed by atoms with van der Waals surface area (Å²) in [4.78, 5) is 6.30. The Morgan fingerprint density at radius 1 is 1.56 bits per heavy atom. The van der Waals surface area contributed by atoms with E-state index < -0.39 is 0 Å². The maximum absolute atomic E-state index is 5.97. The van der Waals surface area contributed by atoms with E-state index in [0.29, 0.717) is 16.7 Å². The summed E-state index contributed by atoms with van der Waals surface area (Å²) in [6.07, 6.45) is 2.92. The molecule has 16 heavy (non-hydrogen) atoms. The lowest BCUT2D eigenvalue weighted by Crippen LogP contribution is -2.21. The maximum atomic E-state index is 5.97. The number of rotatable bonds is 3. The van der Waals surface area contributed by atoms with Gasteiger partial charge >= 0.3 is 0 Å². The summed E-state index contributed by atoms with van der Waals surface area (Å²) in [5.41, 5.74) is 0. The Morgan fingerprint density at radius 2 is 2.38 bits per heavy atom. The lowest BCUT2D eigenvalue weighted by atomic mass is 10.3. The molecule has 1 saturated heterocycles. The van der Waals surface area contributed by atoms with Crippen LogP contribution in [0.25, 0.3) is 0 Å². The number of nitrogens with zero attached hydrogens (tertiary/aromatic N) is 2. The zero-order valence-electron chi connectivity index (χ0n) is 9.44. The van der Waals surface area contributed by atoms with Gasteiger partial charge < -0.3 is 14.4 Å². The molecule has 5 heteroatoms. The Hall–Kier alpha value is -1.00. The Morgan fingerprint density at radius 3 is 2.94 bits per heavy atom. The number of likely N-dealkylation sites (N-methyl/N-ethyl adjacent to an activating group) is 1. The molecule has 1 aromatic heterocycles. The van der Waals surface area contributed by atoms with E-state index in [4.69, 9.17) is 21.1 Å². The molecule has 2 heterocycles. The SMILES string of the molecule is COc1ncc(OC2CCN(C)C2)cc1Cl. The van der Waals surface area contributed by atoms with Crippen molar-refractivity contribution in [3.8, 4) is 11.6 Å². The van der Waals surface area contributed by atoms with Crippen LogP contribution in [0.15, 0.2) is 12.3 Å². The predicted molar refractivity (Wildman–Crippen MR) is 62.3 cm³/mol. The van der Waals surface area contributed by atoms with Crippen LogP contribution in [0.2, 0.25) is 5.02 Å². The second kappa shape index (κ2) is 4.89. The van der Waals surface area contributed by atoms with Crippen LogP contribution >= 0.6 is 11.6 Å². The molecular weight excluding hydrogens is 228 g/mol. The summed E-state index contributed by atoms with van der Waals surface area (Å²) in [7, 11) is 3.63. The molecular formula is C11H15ClN2O2. The van der Waals surface area contributed by atoms with Gasteiger partial charge in [-0.05, 0) is 13.5 Å². The van der Waals surface area contributed by atoms with Crippen molar-refractivity contribution in [2.24, 2.45) is 0 Å². The fourth-order valence-electron chi connectivity index (χ4n) is 1.81. The van der Waals surface area contributed by atoms with Crippen LogP contribution in [0, 0.1) is 0 Å². The number of aromatic nitrogens is 1. The molecule has 0 radical (unpaired) electrons. The Kier molecular flexibility index (Phi) is 3.51. The Labute approximate surface area is 100 Å². The summed E-state index contributed by atoms with van der Waals surface area (Å²) in [5.74, 6) is 1.13. The minimum absolute atomic E-state index is 0.233. The van der Waals surface area contributed by atoms with Gasteiger partial charge in [-0.25, -0.2) is 4.98 Å². The first-order valence-corrected chi connectivity index (χ1v) is 5.61. The van der Waals surface area contributed by atoms with E-state index in [0.717, 1.165) is 19.5 Å². The van der Waals surface area contributed by atoms with Crippen LogP contribution in [0.5, 0.6) is 11.6 Å². The van der Waals surface area contributed by atoms with Crippen LogP contribution in [0.1, 0.15) is 6.42 Å². The maximum Gasteiger partial charge on any atom is 0.232 e. The van der Waals surface area contributed by atoms with Gasteiger partial charge in [0.05, 0.1) is 13.3 Å². The topological polar surface area (TPSA) is 34.6 Å². The second-order valence-corrected chi connectivity index (χ2v) is 4.36. The van der Waals surface area contributed by atoms with Crippen molar-refractivity contribution in [1.29, 1.82) is 0 Å². The highest BCUT2D eigenvalue weighted by molar-refractivity contribution is 6.31. The summed E-state index contributed by atoms with van der Waals surface area (Å²) in [5, 5.41) is 0.478. The molecule has 0 N–H and O–H groups in total. The second-order valence-electron chi connectivity index (χ2n) is 3.95. The summed E-state index contributed by atoms with van der Waals surface area (Å²) in [6.45, 7) is 2.02. The molecule has 0 aromatic carbocycles. The molecule has 1 atom stereocenters. The van der Waals surface area contributed by atoms with Crippen molar-refractivity contribution < 1.29 is 9.47 Å². The molecule has 4 nitrogen and oxygen atoms in total. The zero-order chi connectivity index (χ0) is 11.5. The van der Waals surface area contributed by atoms with Crippen molar-refractivity contribution in [2.75, 3.05) is 27.2 Å². The zero-order valence-corrected chi connectivity index (χ0v) is 10.2. The van der Waals surface area contributed by atoms with Gasteiger partial charge in [0.25, 0.3) is 0 Å². The predicted octanol–water partition coefficient (Wildman–Crippen LogP) is 1.83. The highest BCUT2D eigenvalue weighted by Gasteiger charge is 2.21. The van der Waals surface area contributed by atoms with E-state index in [1.54, 1.807) is 19.4 Å². The van der Waals surface area contributed by atoms with E-state index in [9.17, 15) is 0 Å². The molecule has 1 aliphatic rings. The number of pyridine rings is 1. The lowest BCUT2D eigenvalue weighted by molar-refractivity contribution is 0.207. The Balaban J connectivity index is 2.02. The van der Waals surface area contributed by atoms with Crippen LogP contribution in [-0.4, -0.2) is 43.2 Å². The van der Waals surface area contributed by atoms with E-state index in [1.165, 1.54) is 0 Å². The van der Waals surface area contributed by atoms with Crippen LogP contribution < -0.4 is 9.47 Å². The lowest BCUT2D eigenvalue weighted by Gasteiger charge is -2.14. The third kappa shape index (κ3) is 2.57. The molecule has 2 rings (SSSR count). The van der Waals surface area contributed by atoms with Gasteiger partial charge in [-0.1, -0.05) is 11.6 Å². The molecule has 1 fully saturated rings. The van der Waals surface area contributed by atoms with Gasteiger partial charge in [0.1, 0.15) is 16.9 Å². The molecule has 0 saturated carbocycles. The molecule has 1 aromatic rings. The minimum Gasteiger partial charge on any atom is -0.487 e. The average molecular weight is 243 g/mol. The van der Waals surface area contributed by atoms with Crippen LogP contribution in [-0.2, 0) is 0 Å². The number of methoxy groups -OCH3 is 1. The number of halogens is 1. The van der Waals surface area contributed by atoms with Crippen molar-refractivity contribution >= 4 is 11.6 Å². The van der Waals surface area contributed by atoms with Crippen LogP contribution in [0.4, 0.5) is 0 Å². The van der Waals surface area contributed by atoms with E-state index >= 15 is 0 Å². The van der Waals surface area contributed by atoms with Gasteiger partial charge in [0.2, 0.25) is 5.88 Å². The Bertz CT molecular complexity index is 373. The number of ether oxygens (including phenoxy) is 2. The third-order valence-electron chi connectivity index (χ3n) is 2.63. The first-order valence-electron chi connectivity index (χ1n) is 5.24. The fraction of sp³-hybridized carbons (Fsp3) is 0.545. The summed E-state index contributed by atoms with van der Waals surface area (Å²) >= 11 is 5.97. The average Bonchev–Trinajstić information content (AvgIpc) is 2.64. The van der Waals surface area contributed by atoms with Gasteiger partial charge in [-0.3, -0.25) is 0 Å². The van der Waals surface area contributed by atoms with Gasteiger partial charge in [-0.15, -0.1) is 0 Å². The molecule has 0 bridgehead atoms. The monoisotopic (exact) mass is 242 g/mol. The third-order valence-corrected chi connectivity index (χ3v) is 2.90. The number of likely N-dealkylation sites (tertiary alicyclic amines) is 1. The summed E-state index contributed by atoms with van der Waals surface area (Å²) in [6, 6.07) is 1.74. The molecule has 1 aliphatic heterocycles. The van der Waals surface area contributed by atoms with Crippen molar-refractivity contribution in [1.82, 2.24) is 9.88 Å². The quantitative estimate of drug-likeness (QED) is 0.810. The largest absolute Gasteiger partial charge is 0.487 e. The van der Waals surface area contributed by atoms with Gasteiger partial charge in [0, 0.05) is 19.2 Å². The minimum atomic E-state index is 0.233. The fourth-order valence-corrected chi connectivity index (χ4v) is 2.04. The molecule has 88 valence electrons. The first-order chi connectivity index (χ1) is 7.69. The first kappa shape index (κ1) is 11.5. The standard InChI is InChI=1S/C11H15ClN2O2/c1-14-4-3-8(7-14)16-9-5-10(12)11(15-2)13-6-9/h5-6,8H,3-4,7H2,1-2H3. The van der Waals surface area contributed by atoms with E-state index in [2.05, 4.69) is 16.9 Å². The van der Waals surface area contributed by atoms with E-state index in [-0.39, 0.29) is 6.10 Å². The van der Waals surface area contributed by atoms with Gasteiger partial charge in [0.15, 0.2) is 0 Å². The van der Waals surface area contributed by atoms with E-state index in [1.807, 2.05) is 0 Å². The molecule has 0 amide bonds. The van der Waals surface area contributed by atoms with Crippen molar-refractivity contribution in [2.45, 2.75) is 12.5 Å². The summed E-state index contributed by atoms with van der Waals surface area (Å²) < 4.78 is 10.8. The normalized spacial score (nSPS) is 21.1. The molecule has 0 aliphatic carbocycles. The molecule has 1 unspecified atom stereocenters. The van der Waals surface area contributed by atoms with Crippen molar-refractivity contribution in [3.05, 3.63) is 17.3 Å². The highest BCUT2D eigenvalue weighted by atomic mass is 35.5.